The minimum atomic E-state index is -0.190. The first-order valence-electron chi connectivity index (χ1n) is 10.3. The number of nitrogens with one attached hydrogen (secondary N) is 1. The summed E-state index contributed by atoms with van der Waals surface area (Å²) in [5, 5.41) is 8.53. The van der Waals surface area contributed by atoms with Crippen molar-refractivity contribution in [2.75, 3.05) is 5.32 Å². The number of aryl methyl sites for hydroxylation is 2. The lowest BCUT2D eigenvalue weighted by Gasteiger charge is -2.12. The van der Waals surface area contributed by atoms with Crippen LogP contribution in [0.15, 0.2) is 54.7 Å². The third-order valence-electron chi connectivity index (χ3n) is 5.29. The van der Waals surface area contributed by atoms with Crippen LogP contribution in [0.1, 0.15) is 35.6 Å². The molecule has 0 aliphatic carbocycles. The molecule has 0 saturated heterocycles. The molecule has 0 unspecified atom stereocenters. The number of rotatable bonds is 5. The molecule has 6 nitrogen and oxygen atoms in total. The molecular formula is C25H26N4O2. The van der Waals surface area contributed by atoms with Gasteiger partial charge in [0.25, 0.3) is 5.91 Å². The fourth-order valence-corrected chi connectivity index (χ4v) is 3.81. The standard InChI is InChI=1S/C25H26N4O2/c1-15(2)31-19-11-9-18(10-12-19)25(30)27-22-8-6-7-21-20(13-14-26-24(21)22)23-16(3)28-29(5)17(23)4/h6-15H,1-5H3,(H,27,30). The van der Waals surface area contributed by atoms with E-state index in [0.717, 1.165) is 39.2 Å². The van der Waals surface area contributed by atoms with E-state index < -0.39 is 0 Å². The molecule has 0 aliphatic heterocycles. The highest BCUT2D eigenvalue weighted by Crippen LogP contribution is 2.34. The molecule has 1 amide bonds. The molecule has 2 aromatic carbocycles. The van der Waals surface area contributed by atoms with Crippen LogP contribution < -0.4 is 10.1 Å². The Labute approximate surface area is 181 Å². The Bertz CT molecular complexity index is 1260. The maximum atomic E-state index is 12.9. The minimum absolute atomic E-state index is 0.0858. The van der Waals surface area contributed by atoms with E-state index in [9.17, 15) is 4.79 Å². The largest absolute Gasteiger partial charge is 0.491 e. The smallest absolute Gasteiger partial charge is 0.255 e. The van der Waals surface area contributed by atoms with Gasteiger partial charge in [-0.15, -0.1) is 0 Å². The Morgan fingerprint density at radius 1 is 1.06 bits per heavy atom. The lowest BCUT2D eigenvalue weighted by Crippen LogP contribution is -2.12. The lowest BCUT2D eigenvalue weighted by molar-refractivity contribution is 0.102. The van der Waals surface area contributed by atoms with Crippen LogP contribution in [0, 0.1) is 13.8 Å². The molecule has 2 heterocycles. The summed E-state index contributed by atoms with van der Waals surface area (Å²) in [6, 6.07) is 15.0. The molecule has 4 rings (SSSR count). The van der Waals surface area contributed by atoms with Crippen LogP contribution in [0.25, 0.3) is 22.0 Å². The maximum absolute atomic E-state index is 12.9. The van der Waals surface area contributed by atoms with E-state index in [0.29, 0.717) is 11.3 Å². The molecule has 6 heteroatoms. The van der Waals surface area contributed by atoms with Gasteiger partial charge in [-0.2, -0.15) is 5.10 Å². The number of ether oxygens (including phenoxy) is 1. The van der Waals surface area contributed by atoms with Crippen LogP contribution in [-0.4, -0.2) is 26.8 Å². The van der Waals surface area contributed by atoms with Crippen molar-refractivity contribution in [2.45, 2.75) is 33.8 Å². The number of nitrogens with zero attached hydrogens (tertiary/aromatic N) is 3. The Balaban J connectivity index is 1.68. The van der Waals surface area contributed by atoms with E-state index >= 15 is 0 Å². The number of amides is 1. The van der Waals surface area contributed by atoms with Gasteiger partial charge in [-0.1, -0.05) is 12.1 Å². The number of hydrogen-bond donors (Lipinski definition) is 1. The van der Waals surface area contributed by atoms with E-state index in [1.165, 1.54) is 0 Å². The van der Waals surface area contributed by atoms with Crippen molar-refractivity contribution in [1.29, 1.82) is 0 Å². The summed E-state index contributed by atoms with van der Waals surface area (Å²) in [6.07, 6.45) is 1.86. The first kappa shape index (κ1) is 20.6. The molecule has 0 saturated carbocycles. The van der Waals surface area contributed by atoms with Crippen LogP contribution in [0.4, 0.5) is 5.69 Å². The summed E-state index contributed by atoms with van der Waals surface area (Å²) >= 11 is 0. The molecule has 4 aromatic rings. The van der Waals surface area contributed by atoms with Crippen molar-refractivity contribution in [3.8, 4) is 16.9 Å². The van der Waals surface area contributed by atoms with Gasteiger partial charge >= 0.3 is 0 Å². The molecule has 0 aliphatic rings. The summed E-state index contributed by atoms with van der Waals surface area (Å²) in [5.74, 6) is 0.551. The highest BCUT2D eigenvalue weighted by atomic mass is 16.5. The van der Waals surface area contributed by atoms with Gasteiger partial charge < -0.3 is 10.1 Å². The van der Waals surface area contributed by atoms with Gasteiger partial charge in [0.15, 0.2) is 0 Å². The second-order valence-corrected chi connectivity index (χ2v) is 7.87. The number of carbonyl (C=O) groups excluding carboxylic acids is 1. The van der Waals surface area contributed by atoms with Gasteiger partial charge in [-0.3, -0.25) is 14.5 Å². The van der Waals surface area contributed by atoms with Gasteiger partial charge in [0, 0.05) is 35.5 Å². The van der Waals surface area contributed by atoms with E-state index in [4.69, 9.17) is 4.74 Å². The van der Waals surface area contributed by atoms with Crippen LogP contribution in [0.2, 0.25) is 0 Å². The Hall–Kier alpha value is -3.67. The zero-order valence-electron chi connectivity index (χ0n) is 18.4. The van der Waals surface area contributed by atoms with Crippen molar-refractivity contribution in [3.05, 3.63) is 71.7 Å². The fraction of sp³-hybridized carbons (Fsp3) is 0.240. The van der Waals surface area contributed by atoms with Gasteiger partial charge in [0.05, 0.1) is 23.0 Å². The topological polar surface area (TPSA) is 69.0 Å². The van der Waals surface area contributed by atoms with E-state index in [2.05, 4.69) is 22.3 Å². The highest BCUT2D eigenvalue weighted by molar-refractivity contribution is 6.10. The van der Waals surface area contributed by atoms with Gasteiger partial charge in [-0.05, 0) is 69.7 Å². The third-order valence-corrected chi connectivity index (χ3v) is 5.29. The number of carbonyl (C=O) groups is 1. The van der Waals surface area contributed by atoms with Crippen molar-refractivity contribution in [3.63, 3.8) is 0 Å². The summed E-state index contributed by atoms with van der Waals surface area (Å²) < 4.78 is 7.54. The lowest BCUT2D eigenvalue weighted by atomic mass is 9.99. The molecule has 0 fully saturated rings. The zero-order chi connectivity index (χ0) is 22.1. The van der Waals surface area contributed by atoms with Gasteiger partial charge in [0.2, 0.25) is 0 Å². The summed E-state index contributed by atoms with van der Waals surface area (Å²) in [6.45, 7) is 8.00. The molecule has 0 radical (unpaired) electrons. The Kier molecular flexibility index (Phi) is 5.46. The molecule has 0 atom stereocenters. The minimum Gasteiger partial charge on any atom is -0.491 e. The SMILES string of the molecule is Cc1nn(C)c(C)c1-c1ccnc2c(NC(=O)c3ccc(OC(C)C)cc3)cccc12. The summed E-state index contributed by atoms with van der Waals surface area (Å²) in [7, 11) is 1.94. The van der Waals surface area contributed by atoms with Gasteiger partial charge in [-0.25, -0.2) is 0 Å². The van der Waals surface area contributed by atoms with Crippen LogP contribution in [-0.2, 0) is 7.05 Å². The number of aromatic nitrogens is 3. The number of benzene rings is 2. The molecule has 0 bridgehead atoms. The number of hydrogen-bond acceptors (Lipinski definition) is 4. The van der Waals surface area contributed by atoms with E-state index in [-0.39, 0.29) is 12.0 Å². The van der Waals surface area contributed by atoms with Crippen LogP contribution in [0.3, 0.4) is 0 Å². The first-order valence-corrected chi connectivity index (χ1v) is 10.3. The molecule has 2 aromatic heterocycles. The first-order chi connectivity index (χ1) is 14.8. The van der Waals surface area contributed by atoms with Crippen LogP contribution >= 0.6 is 0 Å². The highest BCUT2D eigenvalue weighted by Gasteiger charge is 2.16. The average molecular weight is 415 g/mol. The second kappa shape index (κ2) is 8.22. The maximum Gasteiger partial charge on any atom is 0.255 e. The Morgan fingerprint density at radius 3 is 2.45 bits per heavy atom. The number of pyridine rings is 1. The summed E-state index contributed by atoms with van der Waals surface area (Å²) in [5.41, 5.74) is 6.18. The van der Waals surface area contributed by atoms with Crippen molar-refractivity contribution in [1.82, 2.24) is 14.8 Å². The predicted octanol–water partition coefficient (Wildman–Crippen LogP) is 5.29. The van der Waals surface area contributed by atoms with Gasteiger partial charge in [0.1, 0.15) is 5.75 Å². The summed E-state index contributed by atoms with van der Waals surface area (Å²) in [4.78, 5) is 17.4. The zero-order valence-corrected chi connectivity index (χ0v) is 18.4. The quantitative estimate of drug-likeness (QED) is 0.482. The molecule has 31 heavy (non-hydrogen) atoms. The second-order valence-electron chi connectivity index (χ2n) is 7.87. The van der Waals surface area contributed by atoms with E-state index in [1.807, 2.05) is 68.9 Å². The third kappa shape index (κ3) is 4.01. The molecule has 1 N–H and O–H groups in total. The van der Waals surface area contributed by atoms with Crippen molar-refractivity contribution in [2.24, 2.45) is 7.05 Å². The van der Waals surface area contributed by atoms with Crippen molar-refractivity contribution < 1.29 is 9.53 Å². The Morgan fingerprint density at radius 2 is 1.81 bits per heavy atom. The molecule has 158 valence electrons. The normalized spacial score (nSPS) is 11.2. The predicted molar refractivity (Wildman–Crippen MR) is 124 cm³/mol. The number of anilines is 1. The number of fused-ring (bicyclic) bond motifs is 1. The fourth-order valence-electron chi connectivity index (χ4n) is 3.81. The van der Waals surface area contributed by atoms with E-state index in [1.54, 1.807) is 18.3 Å². The number of para-hydroxylation sites is 1. The molecule has 0 spiro atoms. The molecular weight excluding hydrogens is 388 g/mol. The van der Waals surface area contributed by atoms with Crippen LogP contribution in [0.5, 0.6) is 5.75 Å². The average Bonchev–Trinajstić information content (AvgIpc) is 2.99. The van der Waals surface area contributed by atoms with Crippen molar-refractivity contribution >= 4 is 22.5 Å². The monoisotopic (exact) mass is 414 g/mol.